The average molecular weight is 284 g/mol. The number of unbranched alkanes of at least 4 members (excludes halogenated alkanes) is 1. The van der Waals surface area contributed by atoms with Crippen LogP contribution in [-0.2, 0) is 9.47 Å². The van der Waals surface area contributed by atoms with Gasteiger partial charge in [-0.05, 0) is 25.4 Å². The highest BCUT2D eigenvalue weighted by Crippen LogP contribution is 2.34. The Morgan fingerprint density at radius 2 is 1.60 bits per heavy atom. The van der Waals surface area contributed by atoms with Crippen molar-refractivity contribution in [3.05, 3.63) is 0 Å². The van der Waals surface area contributed by atoms with Gasteiger partial charge in [-0.2, -0.15) is 0 Å². The zero-order valence-electron chi connectivity index (χ0n) is 13.4. The van der Waals surface area contributed by atoms with Crippen LogP contribution in [0, 0.1) is 17.8 Å². The van der Waals surface area contributed by atoms with Crippen LogP contribution in [0.2, 0.25) is 0 Å². The smallest absolute Gasteiger partial charge is 0.0903 e. The molecule has 4 heteroatoms. The first-order valence-electron chi connectivity index (χ1n) is 8.37. The minimum Gasteiger partial charge on any atom is -0.375 e. The standard InChI is InChI=1S/C16H32N2O2/c1-4-5-6-17-8-13-10-19-16-14(11-20-15(13)16)9-18-7-12(2)3/h12-18H,4-11H2,1-3H3. The average Bonchev–Trinajstić information content (AvgIpc) is 2.98. The van der Waals surface area contributed by atoms with Crippen molar-refractivity contribution in [1.82, 2.24) is 10.6 Å². The van der Waals surface area contributed by atoms with Crippen LogP contribution in [0.25, 0.3) is 0 Å². The lowest BCUT2D eigenvalue weighted by Crippen LogP contribution is -2.36. The highest BCUT2D eigenvalue weighted by molar-refractivity contribution is 4.95. The summed E-state index contributed by atoms with van der Waals surface area (Å²) in [5, 5.41) is 7.08. The Kier molecular flexibility index (Phi) is 6.75. The molecular weight excluding hydrogens is 252 g/mol. The summed E-state index contributed by atoms with van der Waals surface area (Å²) < 4.78 is 12.0. The van der Waals surface area contributed by atoms with Crippen molar-refractivity contribution in [1.29, 1.82) is 0 Å². The molecule has 2 saturated heterocycles. The second kappa shape index (κ2) is 8.32. The monoisotopic (exact) mass is 284 g/mol. The number of nitrogens with one attached hydrogen (secondary N) is 2. The molecule has 0 bridgehead atoms. The third-order valence-electron chi connectivity index (χ3n) is 4.33. The van der Waals surface area contributed by atoms with Crippen LogP contribution >= 0.6 is 0 Å². The van der Waals surface area contributed by atoms with Crippen molar-refractivity contribution in [2.45, 2.75) is 45.8 Å². The quantitative estimate of drug-likeness (QED) is 0.632. The van der Waals surface area contributed by atoms with E-state index in [9.17, 15) is 0 Å². The van der Waals surface area contributed by atoms with Crippen molar-refractivity contribution < 1.29 is 9.47 Å². The molecule has 2 N–H and O–H groups in total. The predicted molar refractivity (Wildman–Crippen MR) is 81.9 cm³/mol. The van der Waals surface area contributed by atoms with Crippen molar-refractivity contribution in [2.24, 2.45) is 17.8 Å². The van der Waals surface area contributed by atoms with Gasteiger partial charge in [-0.3, -0.25) is 0 Å². The van der Waals surface area contributed by atoms with Crippen LogP contribution in [0.3, 0.4) is 0 Å². The third-order valence-corrected chi connectivity index (χ3v) is 4.33. The highest BCUT2D eigenvalue weighted by atomic mass is 16.6. The summed E-state index contributed by atoms with van der Waals surface area (Å²) in [6.07, 6.45) is 3.13. The fourth-order valence-corrected chi connectivity index (χ4v) is 3.15. The van der Waals surface area contributed by atoms with Gasteiger partial charge in [-0.15, -0.1) is 0 Å². The second-order valence-corrected chi connectivity index (χ2v) is 6.73. The van der Waals surface area contributed by atoms with Gasteiger partial charge in [0.05, 0.1) is 25.4 Å². The molecule has 20 heavy (non-hydrogen) atoms. The molecule has 0 spiro atoms. The van der Waals surface area contributed by atoms with Crippen LogP contribution in [0.4, 0.5) is 0 Å². The van der Waals surface area contributed by atoms with Gasteiger partial charge < -0.3 is 20.1 Å². The molecule has 0 aromatic rings. The van der Waals surface area contributed by atoms with E-state index in [-0.39, 0.29) is 0 Å². The topological polar surface area (TPSA) is 42.5 Å². The summed E-state index contributed by atoms with van der Waals surface area (Å²) >= 11 is 0. The summed E-state index contributed by atoms with van der Waals surface area (Å²) in [5.41, 5.74) is 0. The van der Waals surface area contributed by atoms with Gasteiger partial charge >= 0.3 is 0 Å². The van der Waals surface area contributed by atoms with E-state index in [0.29, 0.717) is 30.0 Å². The van der Waals surface area contributed by atoms with Crippen LogP contribution in [0.15, 0.2) is 0 Å². The fourth-order valence-electron chi connectivity index (χ4n) is 3.15. The normalized spacial score (nSPS) is 33.0. The van der Waals surface area contributed by atoms with Crippen LogP contribution in [0.1, 0.15) is 33.6 Å². The van der Waals surface area contributed by atoms with Gasteiger partial charge in [-0.25, -0.2) is 0 Å². The molecule has 0 radical (unpaired) electrons. The van der Waals surface area contributed by atoms with Crippen LogP contribution in [0.5, 0.6) is 0 Å². The highest BCUT2D eigenvalue weighted by Gasteiger charge is 2.46. The molecule has 2 aliphatic heterocycles. The first-order chi connectivity index (χ1) is 9.72. The minimum absolute atomic E-state index is 0.313. The maximum atomic E-state index is 6.01. The summed E-state index contributed by atoms with van der Waals surface area (Å²) in [6, 6.07) is 0. The van der Waals surface area contributed by atoms with Gasteiger partial charge in [0.15, 0.2) is 0 Å². The maximum absolute atomic E-state index is 6.01. The molecule has 4 nitrogen and oxygen atoms in total. The molecule has 4 atom stereocenters. The SMILES string of the molecule is CCCCNCC1COC2C(CNCC(C)C)COC12. The zero-order chi connectivity index (χ0) is 14.4. The number of fused-ring (bicyclic) bond motifs is 1. The van der Waals surface area contributed by atoms with E-state index in [1.165, 1.54) is 12.8 Å². The minimum atomic E-state index is 0.313. The Bertz CT molecular complexity index is 273. The second-order valence-electron chi connectivity index (χ2n) is 6.73. The number of hydrogen-bond acceptors (Lipinski definition) is 4. The summed E-state index contributed by atoms with van der Waals surface area (Å²) in [4.78, 5) is 0. The first-order valence-corrected chi connectivity index (χ1v) is 8.37. The van der Waals surface area contributed by atoms with Gasteiger partial charge in [-0.1, -0.05) is 27.2 Å². The molecule has 2 fully saturated rings. The van der Waals surface area contributed by atoms with Gasteiger partial charge in [0.1, 0.15) is 0 Å². The number of rotatable bonds is 9. The Morgan fingerprint density at radius 1 is 1.00 bits per heavy atom. The molecule has 0 amide bonds. The summed E-state index contributed by atoms with van der Waals surface area (Å²) in [5.74, 6) is 1.76. The molecule has 0 aromatic carbocycles. The molecule has 0 saturated carbocycles. The molecule has 4 unspecified atom stereocenters. The molecule has 0 aliphatic carbocycles. The van der Waals surface area contributed by atoms with E-state index in [1.807, 2.05) is 0 Å². The Morgan fingerprint density at radius 3 is 2.15 bits per heavy atom. The molecule has 2 aliphatic rings. The summed E-state index contributed by atoms with van der Waals surface area (Å²) in [7, 11) is 0. The molecule has 2 rings (SSSR count). The van der Waals surface area contributed by atoms with Crippen molar-refractivity contribution in [2.75, 3.05) is 39.4 Å². The largest absolute Gasteiger partial charge is 0.375 e. The van der Waals surface area contributed by atoms with E-state index in [2.05, 4.69) is 31.4 Å². The Labute approximate surface area is 124 Å². The lowest BCUT2D eigenvalue weighted by Gasteiger charge is -2.18. The molecular formula is C16H32N2O2. The van der Waals surface area contributed by atoms with Gasteiger partial charge in [0.2, 0.25) is 0 Å². The van der Waals surface area contributed by atoms with E-state index in [0.717, 1.165) is 39.4 Å². The van der Waals surface area contributed by atoms with Crippen molar-refractivity contribution in [3.63, 3.8) is 0 Å². The van der Waals surface area contributed by atoms with Gasteiger partial charge in [0, 0.05) is 24.9 Å². The molecule has 118 valence electrons. The fraction of sp³-hybridized carbons (Fsp3) is 1.00. The van der Waals surface area contributed by atoms with Crippen molar-refractivity contribution in [3.8, 4) is 0 Å². The lowest BCUT2D eigenvalue weighted by molar-refractivity contribution is 0.0603. The van der Waals surface area contributed by atoms with Crippen molar-refractivity contribution >= 4 is 0 Å². The number of ether oxygens (including phenoxy) is 2. The van der Waals surface area contributed by atoms with Crippen LogP contribution in [-0.4, -0.2) is 51.6 Å². The molecule has 2 heterocycles. The molecule has 0 aromatic heterocycles. The Hall–Kier alpha value is -0.160. The predicted octanol–water partition coefficient (Wildman–Crippen LogP) is 1.65. The van der Waals surface area contributed by atoms with E-state index >= 15 is 0 Å². The van der Waals surface area contributed by atoms with E-state index in [4.69, 9.17) is 9.47 Å². The maximum Gasteiger partial charge on any atom is 0.0903 e. The third kappa shape index (κ3) is 4.42. The number of hydrogen-bond donors (Lipinski definition) is 2. The zero-order valence-corrected chi connectivity index (χ0v) is 13.4. The van der Waals surface area contributed by atoms with E-state index in [1.54, 1.807) is 0 Å². The van der Waals surface area contributed by atoms with Gasteiger partial charge in [0.25, 0.3) is 0 Å². The van der Waals surface area contributed by atoms with Crippen LogP contribution < -0.4 is 10.6 Å². The lowest BCUT2D eigenvalue weighted by atomic mass is 9.96. The first kappa shape index (κ1) is 16.2. The summed E-state index contributed by atoms with van der Waals surface area (Å²) in [6.45, 7) is 12.7. The van der Waals surface area contributed by atoms with E-state index < -0.39 is 0 Å². The Balaban J connectivity index is 1.68.